The van der Waals surface area contributed by atoms with E-state index in [4.69, 9.17) is 4.42 Å². The monoisotopic (exact) mass is 422 g/mol. The minimum Gasteiger partial charge on any atom is -0.868 e. The van der Waals surface area contributed by atoms with Crippen LogP contribution in [0.3, 0.4) is 0 Å². The van der Waals surface area contributed by atoms with Gasteiger partial charge in [-0.2, -0.15) is 0 Å². The summed E-state index contributed by atoms with van der Waals surface area (Å²) in [6.45, 7) is 1.11. The van der Waals surface area contributed by atoms with Crippen LogP contribution < -0.4 is 10.0 Å². The first-order chi connectivity index (χ1) is 14.9. The number of amides is 1. The summed E-state index contributed by atoms with van der Waals surface area (Å²) in [4.78, 5) is 28.8. The smallest absolute Gasteiger partial charge is 0.239 e. The maximum absolute atomic E-state index is 13.5. The van der Waals surface area contributed by atoms with E-state index < -0.39 is 29.3 Å². The predicted octanol–water partition coefficient (Wildman–Crippen LogP) is 1.49. The average molecular weight is 422 g/mol. The molecule has 0 bridgehead atoms. The summed E-state index contributed by atoms with van der Waals surface area (Å²) < 4.78 is 19.2. The molecule has 0 spiro atoms. The number of nitrogens with one attached hydrogen (secondary N) is 1. The number of hydrogen-bond acceptors (Lipinski definition) is 4. The van der Waals surface area contributed by atoms with Crippen LogP contribution in [0, 0.1) is 5.82 Å². The van der Waals surface area contributed by atoms with Gasteiger partial charge in [0.2, 0.25) is 11.7 Å². The van der Waals surface area contributed by atoms with E-state index in [0.717, 1.165) is 11.9 Å². The van der Waals surface area contributed by atoms with Gasteiger partial charge in [-0.25, -0.2) is 4.39 Å². The summed E-state index contributed by atoms with van der Waals surface area (Å²) in [5, 5.41) is 13.7. The van der Waals surface area contributed by atoms with Crippen LogP contribution in [0.1, 0.15) is 28.6 Å². The zero-order chi connectivity index (χ0) is 22.1. The highest BCUT2D eigenvalue weighted by atomic mass is 19.1. The number of ketones is 1. The van der Waals surface area contributed by atoms with Crippen molar-refractivity contribution in [3.63, 3.8) is 0 Å². The molecule has 1 aliphatic rings. The lowest BCUT2D eigenvalue weighted by molar-refractivity contribution is -0.858. The van der Waals surface area contributed by atoms with E-state index >= 15 is 0 Å². The Bertz CT molecular complexity index is 1130. The van der Waals surface area contributed by atoms with E-state index in [0.29, 0.717) is 24.1 Å². The number of Topliss-reactive ketones (excluding diaryl/α,β-unsaturated/α-hetero) is 1. The number of carbonyl (C=O) groups excluding carboxylic acids is 2. The number of rotatable bonds is 7. The van der Waals surface area contributed by atoms with Crippen LogP contribution in [0.2, 0.25) is 0 Å². The number of fused-ring (bicyclic) bond motifs is 1. The fraction of sp³-hybridized carbons (Fsp3) is 0.250. The molecule has 6 nitrogen and oxygen atoms in total. The molecule has 31 heavy (non-hydrogen) atoms. The maximum atomic E-state index is 13.5. The van der Waals surface area contributed by atoms with E-state index in [9.17, 15) is 19.1 Å². The zero-order valence-electron chi connectivity index (χ0n) is 17.4. The molecule has 1 aliphatic heterocycles. The lowest BCUT2D eigenvalue weighted by Gasteiger charge is -2.27. The molecule has 1 atom stereocenters. The van der Waals surface area contributed by atoms with Crippen LogP contribution in [0.4, 0.5) is 4.39 Å². The van der Waals surface area contributed by atoms with Crippen molar-refractivity contribution in [2.24, 2.45) is 0 Å². The summed E-state index contributed by atoms with van der Waals surface area (Å²) in [6.07, 6.45) is 0.658. The molecule has 4 rings (SSSR count). The van der Waals surface area contributed by atoms with Crippen molar-refractivity contribution in [1.29, 1.82) is 0 Å². The normalized spacial score (nSPS) is 16.7. The molecule has 1 aromatic heterocycles. The Morgan fingerprint density at radius 2 is 1.87 bits per heavy atom. The molecule has 1 N–H and O–H groups in total. The molecule has 2 aromatic carbocycles. The van der Waals surface area contributed by atoms with Gasteiger partial charge in [0.05, 0.1) is 26.7 Å². The molecule has 1 unspecified atom stereocenters. The van der Waals surface area contributed by atoms with Crippen LogP contribution in [0.5, 0.6) is 0 Å². The van der Waals surface area contributed by atoms with Crippen molar-refractivity contribution < 1.29 is 28.4 Å². The van der Waals surface area contributed by atoms with Crippen LogP contribution in [0.15, 0.2) is 70.3 Å². The summed E-state index contributed by atoms with van der Waals surface area (Å²) in [5.41, 5.74) is 0.873. The Hall–Kier alpha value is -3.45. The molecule has 0 fully saturated rings. The van der Waals surface area contributed by atoms with Crippen molar-refractivity contribution in [2.75, 3.05) is 27.2 Å². The SMILES string of the molecule is C[NH+](C)CCCN1C(=O)C([O-])=C(C(=O)c2cc3ccccc3o2)C1c1ccc(F)cc1. The molecular weight excluding hydrogens is 399 g/mol. The van der Waals surface area contributed by atoms with Crippen LogP contribution >= 0.6 is 0 Å². The fourth-order valence-electron chi connectivity index (χ4n) is 3.92. The Morgan fingerprint density at radius 1 is 1.16 bits per heavy atom. The van der Waals surface area contributed by atoms with Crippen molar-refractivity contribution in [2.45, 2.75) is 12.5 Å². The molecule has 1 amide bonds. The number of halogens is 1. The number of benzene rings is 2. The number of carbonyl (C=O) groups is 2. The van der Waals surface area contributed by atoms with Gasteiger partial charge >= 0.3 is 0 Å². The lowest BCUT2D eigenvalue weighted by Crippen LogP contribution is -3.05. The Kier molecular flexibility index (Phi) is 5.61. The first-order valence-corrected chi connectivity index (χ1v) is 10.2. The largest absolute Gasteiger partial charge is 0.868 e. The van der Waals surface area contributed by atoms with E-state index in [-0.39, 0.29) is 11.3 Å². The minimum atomic E-state index is -0.876. The Balaban J connectivity index is 1.74. The van der Waals surface area contributed by atoms with Gasteiger partial charge in [-0.05, 0) is 35.6 Å². The van der Waals surface area contributed by atoms with Crippen molar-refractivity contribution in [1.82, 2.24) is 4.90 Å². The van der Waals surface area contributed by atoms with Gasteiger partial charge in [0, 0.05) is 23.9 Å². The third kappa shape index (κ3) is 3.96. The molecule has 7 heteroatoms. The molecule has 160 valence electrons. The number of hydrogen-bond donors (Lipinski definition) is 1. The predicted molar refractivity (Wildman–Crippen MR) is 111 cm³/mol. The van der Waals surface area contributed by atoms with Crippen molar-refractivity contribution >= 4 is 22.7 Å². The number of nitrogens with zero attached hydrogens (tertiary/aromatic N) is 1. The van der Waals surface area contributed by atoms with E-state index in [2.05, 4.69) is 0 Å². The fourth-order valence-corrected chi connectivity index (χ4v) is 3.92. The molecule has 0 saturated heterocycles. The average Bonchev–Trinajstić information content (AvgIpc) is 3.28. The topological polar surface area (TPSA) is 78.0 Å². The van der Waals surface area contributed by atoms with Gasteiger partial charge in [0.15, 0.2) is 5.76 Å². The number of quaternary nitrogens is 1. The van der Waals surface area contributed by atoms with E-state index in [1.165, 1.54) is 34.1 Å². The molecule has 3 aromatic rings. The Labute approximate surface area is 179 Å². The Morgan fingerprint density at radius 3 is 2.55 bits per heavy atom. The van der Waals surface area contributed by atoms with Crippen molar-refractivity contribution in [3.8, 4) is 0 Å². The van der Waals surface area contributed by atoms with Gasteiger partial charge in [-0.1, -0.05) is 30.3 Å². The summed E-state index contributed by atoms with van der Waals surface area (Å²) >= 11 is 0. The third-order valence-electron chi connectivity index (χ3n) is 5.44. The lowest BCUT2D eigenvalue weighted by atomic mass is 9.95. The van der Waals surface area contributed by atoms with E-state index in [1.54, 1.807) is 24.3 Å². The molecule has 0 saturated carbocycles. The summed E-state index contributed by atoms with van der Waals surface area (Å²) in [5.74, 6) is -2.61. The molecule has 0 radical (unpaired) electrons. The number of para-hydroxylation sites is 1. The second-order valence-electron chi connectivity index (χ2n) is 7.98. The van der Waals surface area contributed by atoms with Gasteiger partial charge in [0.25, 0.3) is 0 Å². The van der Waals surface area contributed by atoms with Gasteiger partial charge in [-0.3, -0.25) is 9.59 Å². The second kappa shape index (κ2) is 8.35. The zero-order valence-corrected chi connectivity index (χ0v) is 17.4. The van der Waals surface area contributed by atoms with Crippen LogP contribution in [0.25, 0.3) is 11.0 Å². The van der Waals surface area contributed by atoms with Crippen LogP contribution in [-0.2, 0) is 4.79 Å². The molecule has 2 heterocycles. The number of furan rings is 1. The van der Waals surface area contributed by atoms with Crippen LogP contribution in [-0.4, -0.2) is 43.8 Å². The quantitative estimate of drug-likeness (QED) is 0.586. The molecular formula is C24H23FN2O4. The third-order valence-corrected chi connectivity index (χ3v) is 5.44. The standard InChI is InChI=1S/C24H23FN2O4/c1-26(2)12-5-13-27-21(15-8-10-17(25)11-9-15)20(23(29)24(27)30)22(28)19-14-16-6-3-4-7-18(16)31-19/h3-4,6-11,14,21,29H,5,12-13H2,1-2H3. The van der Waals surface area contributed by atoms with Crippen molar-refractivity contribution in [3.05, 3.63) is 83.1 Å². The highest BCUT2D eigenvalue weighted by Gasteiger charge is 2.40. The second-order valence-corrected chi connectivity index (χ2v) is 7.98. The van der Waals surface area contributed by atoms with Gasteiger partial charge < -0.3 is 19.3 Å². The van der Waals surface area contributed by atoms with Gasteiger partial charge in [0.1, 0.15) is 11.4 Å². The first-order valence-electron chi connectivity index (χ1n) is 10.2. The van der Waals surface area contributed by atoms with E-state index in [1.807, 2.05) is 20.2 Å². The highest BCUT2D eigenvalue weighted by molar-refractivity contribution is 6.15. The maximum Gasteiger partial charge on any atom is 0.239 e. The summed E-state index contributed by atoms with van der Waals surface area (Å²) in [6, 6.07) is 13.3. The first kappa shape index (κ1) is 20.8. The molecule has 0 aliphatic carbocycles. The summed E-state index contributed by atoms with van der Waals surface area (Å²) in [7, 11) is 3.99. The highest BCUT2D eigenvalue weighted by Crippen LogP contribution is 2.38. The van der Waals surface area contributed by atoms with Gasteiger partial charge in [-0.15, -0.1) is 0 Å². The minimum absolute atomic E-state index is 0.00375.